The minimum absolute atomic E-state index is 0.135. The minimum atomic E-state index is 0.135. The lowest BCUT2D eigenvalue weighted by Crippen LogP contribution is -2.43. The van der Waals surface area contributed by atoms with E-state index in [9.17, 15) is 4.79 Å². The van der Waals surface area contributed by atoms with Gasteiger partial charge in [-0.3, -0.25) is 9.69 Å². The molecule has 0 aromatic heterocycles. The second-order valence-corrected chi connectivity index (χ2v) is 4.00. The SMILES string of the molecule is CCC(=O)NCCN1CCCC(OC)C1. The molecule has 0 radical (unpaired) electrons. The third-order valence-corrected chi connectivity index (χ3v) is 2.87. The number of methoxy groups -OCH3 is 1. The normalized spacial score (nSPS) is 22.7. The molecule has 0 spiro atoms. The molecular formula is C11H22N2O2. The van der Waals surface area contributed by atoms with E-state index < -0.39 is 0 Å². The van der Waals surface area contributed by atoms with Gasteiger partial charge < -0.3 is 10.1 Å². The van der Waals surface area contributed by atoms with Crippen LogP contribution < -0.4 is 5.32 Å². The van der Waals surface area contributed by atoms with Crippen LogP contribution in [-0.4, -0.2) is 50.2 Å². The van der Waals surface area contributed by atoms with Gasteiger partial charge in [0.05, 0.1) is 6.10 Å². The number of nitrogens with one attached hydrogen (secondary N) is 1. The van der Waals surface area contributed by atoms with Gasteiger partial charge in [0.2, 0.25) is 5.91 Å². The zero-order valence-electron chi connectivity index (χ0n) is 9.79. The van der Waals surface area contributed by atoms with Gasteiger partial charge >= 0.3 is 0 Å². The first kappa shape index (κ1) is 12.5. The van der Waals surface area contributed by atoms with Crippen LogP contribution in [0.4, 0.5) is 0 Å². The van der Waals surface area contributed by atoms with Crippen LogP contribution in [-0.2, 0) is 9.53 Å². The lowest BCUT2D eigenvalue weighted by atomic mass is 10.1. The number of likely N-dealkylation sites (tertiary alicyclic amines) is 1. The molecule has 4 heteroatoms. The van der Waals surface area contributed by atoms with Gasteiger partial charge in [-0.1, -0.05) is 6.92 Å². The predicted octanol–water partition coefficient (Wildman–Crippen LogP) is 0.623. The highest BCUT2D eigenvalue weighted by Crippen LogP contribution is 2.11. The summed E-state index contributed by atoms with van der Waals surface area (Å²) in [7, 11) is 1.77. The largest absolute Gasteiger partial charge is 0.380 e. The molecule has 0 aromatic rings. The monoisotopic (exact) mass is 214 g/mol. The second kappa shape index (κ2) is 6.80. The summed E-state index contributed by atoms with van der Waals surface area (Å²) < 4.78 is 5.34. The Morgan fingerprint density at radius 1 is 1.60 bits per heavy atom. The molecule has 1 aliphatic heterocycles. The Morgan fingerprint density at radius 2 is 2.40 bits per heavy atom. The quantitative estimate of drug-likeness (QED) is 0.729. The molecule has 4 nitrogen and oxygen atoms in total. The number of carbonyl (C=O) groups is 1. The van der Waals surface area contributed by atoms with Crippen LogP contribution in [0.5, 0.6) is 0 Å². The average Bonchev–Trinajstić information content (AvgIpc) is 2.29. The van der Waals surface area contributed by atoms with E-state index in [1.807, 2.05) is 6.92 Å². The topological polar surface area (TPSA) is 41.6 Å². The van der Waals surface area contributed by atoms with Crippen molar-refractivity contribution in [2.75, 3.05) is 33.3 Å². The highest BCUT2D eigenvalue weighted by molar-refractivity contribution is 5.75. The van der Waals surface area contributed by atoms with E-state index in [4.69, 9.17) is 4.74 Å². The average molecular weight is 214 g/mol. The molecule has 1 rings (SSSR count). The molecule has 0 bridgehead atoms. The highest BCUT2D eigenvalue weighted by atomic mass is 16.5. The Labute approximate surface area is 92.0 Å². The molecule has 1 atom stereocenters. The second-order valence-electron chi connectivity index (χ2n) is 4.00. The van der Waals surface area contributed by atoms with E-state index in [2.05, 4.69) is 10.2 Å². The van der Waals surface area contributed by atoms with Gasteiger partial charge in [0.1, 0.15) is 0 Å². The van der Waals surface area contributed by atoms with E-state index in [-0.39, 0.29) is 5.91 Å². The van der Waals surface area contributed by atoms with Gasteiger partial charge in [-0.25, -0.2) is 0 Å². The minimum Gasteiger partial charge on any atom is -0.380 e. The lowest BCUT2D eigenvalue weighted by Gasteiger charge is -2.31. The molecule has 15 heavy (non-hydrogen) atoms. The standard InChI is InChI=1S/C11H22N2O2/c1-3-11(14)12-6-8-13-7-4-5-10(9-13)15-2/h10H,3-9H2,1-2H3,(H,12,14). The van der Waals surface area contributed by atoms with Gasteiger partial charge in [-0.15, -0.1) is 0 Å². The van der Waals surface area contributed by atoms with Crippen LogP contribution in [0.25, 0.3) is 0 Å². The summed E-state index contributed by atoms with van der Waals surface area (Å²) >= 11 is 0. The molecule has 1 amide bonds. The van der Waals surface area contributed by atoms with Crippen molar-refractivity contribution >= 4 is 5.91 Å². The van der Waals surface area contributed by atoms with Crippen molar-refractivity contribution in [3.63, 3.8) is 0 Å². The summed E-state index contributed by atoms with van der Waals surface area (Å²) in [4.78, 5) is 13.4. The molecule has 0 aliphatic carbocycles. The summed E-state index contributed by atoms with van der Waals surface area (Å²) in [6.45, 7) is 5.69. The molecule has 1 N–H and O–H groups in total. The number of hydrogen-bond acceptors (Lipinski definition) is 3. The van der Waals surface area contributed by atoms with E-state index in [1.54, 1.807) is 7.11 Å². The zero-order valence-corrected chi connectivity index (χ0v) is 9.79. The summed E-state index contributed by atoms with van der Waals surface area (Å²) in [5.41, 5.74) is 0. The number of amides is 1. The first-order valence-corrected chi connectivity index (χ1v) is 5.78. The molecule has 1 aliphatic rings. The number of nitrogens with zero attached hydrogens (tertiary/aromatic N) is 1. The van der Waals surface area contributed by atoms with Crippen molar-refractivity contribution in [1.82, 2.24) is 10.2 Å². The fourth-order valence-corrected chi connectivity index (χ4v) is 1.89. The van der Waals surface area contributed by atoms with Crippen molar-refractivity contribution < 1.29 is 9.53 Å². The van der Waals surface area contributed by atoms with Crippen LogP contribution in [0.15, 0.2) is 0 Å². The highest BCUT2D eigenvalue weighted by Gasteiger charge is 2.18. The Hall–Kier alpha value is -0.610. The van der Waals surface area contributed by atoms with Gasteiger partial charge in [-0.2, -0.15) is 0 Å². The van der Waals surface area contributed by atoms with Gasteiger partial charge in [0.15, 0.2) is 0 Å². The van der Waals surface area contributed by atoms with Gasteiger partial charge in [-0.05, 0) is 19.4 Å². The van der Waals surface area contributed by atoms with Crippen LogP contribution in [0.3, 0.4) is 0 Å². The summed E-state index contributed by atoms with van der Waals surface area (Å²) in [5, 5.41) is 2.89. The van der Waals surface area contributed by atoms with E-state index >= 15 is 0 Å². The molecule has 1 fully saturated rings. The van der Waals surface area contributed by atoms with E-state index in [1.165, 1.54) is 6.42 Å². The van der Waals surface area contributed by atoms with E-state index in [0.29, 0.717) is 12.5 Å². The van der Waals surface area contributed by atoms with Crippen LogP contribution in [0.1, 0.15) is 26.2 Å². The van der Waals surface area contributed by atoms with Crippen LogP contribution in [0, 0.1) is 0 Å². The molecule has 1 unspecified atom stereocenters. The number of hydrogen-bond donors (Lipinski definition) is 1. The predicted molar refractivity (Wildman–Crippen MR) is 59.8 cm³/mol. The fourth-order valence-electron chi connectivity index (χ4n) is 1.89. The Morgan fingerprint density at radius 3 is 3.07 bits per heavy atom. The molecule has 88 valence electrons. The summed E-state index contributed by atoms with van der Waals surface area (Å²) in [6, 6.07) is 0. The maximum atomic E-state index is 11.0. The third-order valence-electron chi connectivity index (χ3n) is 2.87. The number of carbonyl (C=O) groups excluding carboxylic acids is 1. The first-order valence-electron chi connectivity index (χ1n) is 5.78. The smallest absolute Gasteiger partial charge is 0.219 e. The Kier molecular flexibility index (Phi) is 5.65. The molecular weight excluding hydrogens is 192 g/mol. The number of rotatable bonds is 5. The molecule has 0 saturated carbocycles. The van der Waals surface area contributed by atoms with E-state index in [0.717, 1.165) is 32.6 Å². The van der Waals surface area contributed by atoms with Crippen molar-refractivity contribution in [1.29, 1.82) is 0 Å². The summed E-state index contributed by atoms with van der Waals surface area (Å²) in [6.07, 6.45) is 3.30. The Balaban J connectivity index is 2.12. The zero-order chi connectivity index (χ0) is 11.1. The Bertz CT molecular complexity index is 197. The van der Waals surface area contributed by atoms with Crippen molar-refractivity contribution in [3.8, 4) is 0 Å². The van der Waals surface area contributed by atoms with Gasteiger partial charge in [0, 0.05) is 33.2 Å². The first-order chi connectivity index (χ1) is 7.26. The number of piperidine rings is 1. The van der Waals surface area contributed by atoms with Crippen molar-refractivity contribution in [2.45, 2.75) is 32.3 Å². The van der Waals surface area contributed by atoms with Crippen molar-refractivity contribution in [3.05, 3.63) is 0 Å². The molecule has 1 heterocycles. The van der Waals surface area contributed by atoms with Crippen LogP contribution >= 0.6 is 0 Å². The van der Waals surface area contributed by atoms with Crippen molar-refractivity contribution in [2.24, 2.45) is 0 Å². The third kappa shape index (κ3) is 4.62. The number of ether oxygens (including phenoxy) is 1. The summed E-state index contributed by atoms with van der Waals surface area (Å²) in [5.74, 6) is 0.135. The molecule has 1 saturated heterocycles. The van der Waals surface area contributed by atoms with Gasteiger partial charge in [0.25, 0.3) is 0 Å². The maximum Gasteiger partial charge on any atom is 0.219 e. The molecule has 0 aromatic carbocycles. The maximum absolute atomic E-state index is 11.0. The van der Waals surface area contributed by atoms with Crippen LogP contribution in [0.2, 0.25) is 0 Å². The fraction of sp³-hybridized carbons (Fsp3) is 0.909. The lowest BCUT2D eigenvalue weighted by molar-refractivity contribution is -0.120.